The number of aromatic nitrogens is 2. The lowest BCUT2D eigenvalue weighted by atomic mass is 10.0. The van der Waals surface area contributed by atoms with Crippen molar-refractivity contribution in [3.63, 3.8) is 0 Å². The second kappa shape index (κ2) is 6.30. The fourth-order valence-electron chi connectivity index (χ4n) is 1.98. The van der Waals surface area contributed by atoms with Crippen molar-refractivity contribution < 1.29 is 4.74 Å². The molecule has 1 aromatic heterocycles. The maximum Gasteiger partial charge on any atom is 0.124 e. The summed E-state index contributed by atoms with van der Waals surface area (Å²) in [5.74, 6) is 0.376. The first-order chi connectivity index (χ1) is 9.06. The molecule has 1 atom stereocenters. The van der Waals surface area contributed by atoms with Crippen LogP contribution in [-0.4, -0.2) is 30.4 Å². The number of ether oxygens (including phenoxy) is 1. The van der Waals surface area contributed by atoms with Crippen LogP contribution in [-0.2, 0) is 11.5 Å². The Bertz CT molecular complexity index is 460. The topological polar surface area (TPSA) is 39.4 Å². The lowest BCUT2D eigenvalue weighted by molar-refractivity contribution is 0.0849. The normalized spacial score (nSPS) is 19.0. The van der Waals surface area contributed by atoms with E-state index in [2.05, 4.69) is 40.3 Å². The Hall–Kier alpha value is -1.20. The van der Waals surface area contributed by atoms with E-state index >= 15 is 0 Å². The van der Waals surface area contributed by atoms with Gasteiger partial charge in [-0.15, -0.1) is 0 Å². The Labute approximate surface area is 116 Å². The van der Waals surface area contributed by atoms with Gasteiger partial charge in [0.15, 0.2) is 0 Å². The molecule has 2 heterocycles. The quantitative estimate of drug-likeness (QED) is 0.591. The van der Waals surface area contributed by atoms with Gasteiger partial charge in [0, 0.05) is 44.9 Å². The van der Waals surface area contributed by atoms with Crippen LogP contribution >= 0.6 is 0 Å². The first-order valence-corrected chi connectivity index (χ1v) is 10.5. The maximum absolute atomic E-state index is 5.79. The number of imidazole rings is 1. The number of rotatable bonds is 6. The smallest absolute Gasteiger partial charge is 0.124 e. The molecular weight excluding hydrogens is 254 g/mol. The Balaban J connectivity index is 1.86. The van der Waals surface area contributed by atoms with E-state index in [1.807, 2.05) is 24.9 Å². The van der Waals surface area contributed by atoms with Gasteiger partial charge in [0.05, 0.1) is 6.33 Å². The summed E-state index contributed by atoms with van der Waals surface area (Å²) in [6.45, 7) is 8.54. The van der Waals surface area contributed by atoms with Gasteiger partial charge >= 0.3 is 0 Å². The van der Waals surface area contributed by atoms with Gasteiger partial charge < -0.3 is 9.30 Å². The monoisotopic (exact) mass is 277 g/mol. The van der Waals surface area contributed by atoms with Gasteiger partial charge in [0.25, 0.3) is 0 Å². The molecule has 104 valence electrons. The average molecular weight is 277 g/mol. The molecule has 0 amide bonds. The zero-order chi connectivity index (χ0) is 13.7. The highest BCUT2D eigenvalue weighted by Gasteiger charge is 2.15. The van der Waals surface area contributed by atoms with E-state index in [0.717, 1.165) is 13.0 Å². The van der Waals surface area contributed by atoms with Gasteiger partial charge in [-0.3, -0.25) is 4.99 Å². The highest BCUT2D eigenvalue weighted by molar-refractivity contribution is 6.76. The van der Waals surface area contributed by atoms with Crippen molar-refractivity contribution in [3.8, 4) is 0 Å². The van der Waals surface area contributed by atoms with Crippen LogP contribution in [0.4, 0.5) is 0 Å². The Morgan fingerprint density at radius 1 is 1.42 bits per heavy atom. The third-order valence-electron chi connectivity index (χ3n) is 3.22. The van der Waals surface area contributed by atoms with Crippen molar-refractivity contribution in [3.05, 3.63) is 30.5 Å². The number of hydrogen-bond donors (Lipinski definition) is 0. The van der Waals surface area contributed by atoms with Gasteiger partial charge in [-0.25, -0.2) is 4.98 Å². The third kappa shape index (κ3) is 4.43. The fourth-order valence-corrected chi connectivity index (χ4v) is 2.73. The van der Waals surface area contributed by atoms with Crippen LogP contribution in [0.25, 0.3) is 0 Å². The van der Waals surface area contributed by atoms with Crippen LogP contribution in [0.5, 0.6) is 0 Å². The van der Waals surface area contributed by atoms with Gasteiger partial charge in [-0.2, -0.15) is 0 Å². The molecule has 0 saturated carbocycles. The van der Waals surface area contributed by atoms with E-state index in [-0.39, 0.29) is 0 Å². The minimum absolute atomic E-state index is 0.376. The first-order valence-electron chi connectivity index (χ1n) is 6.82. The molecule has 0 N–H and O–H groups in total. The van der Waals surface area contributed by atoms with Crippen LogP contribution in [0.15, 0.2) is 29.8 Å². The molecule has 0 aromatic carbocycles. The first kappa shape index (κ1) is 14.2. The molecule has 0 radical (unpaired) electrons. The molecule has 0 saturated heterocycles. The SMILES string of the molecule is C[Si](C)(C)CCOCn1cncc1C1C=CN=CC1. The number of nitrogens with zero attached hydrogens (tertiary/aromatic N) is 3. The summed E-state index contributed by atoms with van der Waals surface area (Å²) < 4.78 is 7.88. The molecule has 5 heteroatoms. The average Bonchev–Trinajstić information content (AvgIpc) is 2.83. The summed E-state index contributed by atoms with van der Waals surface area (Å²) in [5, 5.41) is 0. The summed E-state index contributed by atoms with van der Waals surface area (Å²) in [5.41, 5.74) is 1.20. The second-order valence-electron chi connectivity index (χ2n) is 6.15. The highest BCUT2D eigenvalue weighted by Crippen LogP contribution is 2.22. The van der Waals surface area contributed by atoms with Gasteiger partial charge in [0.2, 0.25) is 0 Å². The standard InChI is InChI=1S/C14H23N3OSi/c1-19(2,3)9-8-18-12-17-11-16-10-14(17)13-4-6-15-7-5-13/h4,6-7,10-11,13H,5,8-9,12H2,1-3H3. The van der Waals surface area contributed by atoms with Gasteiger partial charge in [0.1, 0.15) is 6.73 Å². The molecule has 1 aliphatic rings. The van der Waals surface area contributed by atoms with Crippen molar-refractivity contribution in [1.82, 2.24) is 9.55 Å². The number of aliphatic imine (C=N–C) groups is 1. The Kier molecular flexibility index (Phi) is 4.71. The second-order valence-corrected chi connectivity index (χ2v) is 11.8. The molecule has 0 aliphatic carbocycles. The molecule has 4 nitrogen and oxygen atoms in total. The summed E-state index contributed by atoms with van der Waals surface area (Å²) in [7, 11) is -1.00. The summed E-state index contributed by atoms with van der Waals surface area (Å²) >= 11 is 0. The van der Waals surface area contributed by atoms with Crippen LogP contribution in [0.3, 0.4) is 0 Å². The van der Waals surface area contributed by atoms with Crippen molar-refractivity contribution in [1.29, 1.82) is 0 Å². The van der Waals surface area contributed by atoms with Crippen LogP contribution < -0.4 is 0 Å². The molecular formula is C14H23N3OSi. The summed E-state index contributed by atoms with van der Waals surface area (Å²) in [6.07, 6.45) is 10.7. The molecule has 19 heavy (non-hydrogen) atoms. The number of allylic oxidation sites excluding steroid dienone is 1. The third-order valence-corrected chi connectivity index (χ3v) is 4.92. The highest BCUT2D eigenvalue weighted by atomic mass is 28.3. The van der Waals surface area contributed by atoms with E-state index in [4.69, 9.17) is 4.74 Å². The molecule has 1 unspecified atom stereocenters. The molecule has 0 bridgehead atoms. The zero-order valence-electron chi connectivity index (χ0n) is 12.0. The molecule has 1 aromatic rings. The Morgan fingerprint density at radius 2 is 2.26 bits per heavy atom. The van der Waals surface area contributed by atoms with Crippen LogP contribution in [0.2, 0.25) is 25.7 Å². The maximum atomic E-state index is 5.79. The van der Waals surface area contributed by atoms with E-state index in [0.29, 0.717) is 12.6 Å². The summed E-state index contributed by atoms with van der Waals surface area (Å²) in [6, 6.07) is 1.20. The lowest BCUT2D eigenvalue weighted by Crippen LogP contribution is -2.22. The van der Waals surface area contributed by atoms with Gasteiger partial charge in [-0.1, -0.05) is 25.7 Å². The summed E-state index contributed by atoms with van der Waals surface area (Å²) in [4.78, 5) is 8.35. The Morgan fingerprint density at radius 3 is 2.95 bits per heavy atom. The van der Waals surface area contributed by atoms with E-state index < -0.39 is 8.07 Å². The van der Waals surface area contributed by atoms with Crippen molar-refractivity contribution in [2.45, 2.75) is 44.8 Å². The van der Waals surface area contributed by atoms with E-state index in [1.165, 1.54) is 11.7 Å². The zero-order valence-corrected chi connectivity index (χ0v) is 13.0. The van der Waals surface area contributed by atoms with Gasteiger partial charge in [-0.05, 0) is 12.5 Å². The predicted octanol–water partition coefficient (Wildman–Crippen LogP) is 3.27. The minimum Gasteiger partial charge on any atom is -0.361 e. The van der Waals surface area contributed by atoms with Crippen molar-refractivity contribution in [2.24, 2.45) is 4.99 Å². The molecule has 2 rings (SSSR count). The molecule has 1 aliphatic heterocycles. The molecule has 0 spiro atoms. The van der Waals surface area contributed by atoms with Crippen LogP contribution in [0, 0.1) is 0 Å². The van der Waals surface area contributed by atoms with E-state index in [9.17, 15) is 0 Å². The van der Waals surface area contributed by atoms with Crippen molar-refractivity contribution in [2.75, 3.05) is 6.61 Å². The van der Waals surface area contributed by atoms with Crippen molar-refractivity contribution >= 4 is 14.3 Å². The largest absolute Gasteiger partial charge is 0.361 e. The van der Waals surface area contributed by atoms with E-state index in [1.54, 1.807) is 0 Å². The number of hydrogen-bond acceptors (Lipinski definition) is 3. The predicted molar refractivity (Wildman–Crippen MR) is 81.3 cm³/mol. The lowest BCUT2D eigenvalue weighted by Gasteiger charge is -2.18. The molecule has 0 fully saturated rings. The fraction of sp³-hybridized carbons (Fsp3) is 0.571. The minimum atomic E-state index is -1.00. The van der Waals surface area contributed by atoms with Crippen LogP contribution in [0.1, 0.15) is 18.0 Å².